The molecule has 3 aliphatic heterocycles. The summed E-state index contributed by atoms with van der Waals surface area (Å²) < 4.78 is 12.7. The van der Waals surface area contributed by atoms with Crippen molar-refractivity contribution in [1.82, 2.24) is 5.06 Å². The molecule has 4 aliphatic rings. The zero-order valence-corrected chi connectivity index (χ0v) is 13.6. The lowest BCUT2D eigenvalue weighted by Crippen LogP contribution is -2.60. The molecule has 2 bridgehead atoms. The van der Waals surface area contributed by atoms with Crippen molar-refractivity contribution in [2.75, 3.05) is 13.2 Å². The number of rotatable bonds is 1. The molecule has 5 rings (SSSR count). The largest absolute Gasteiger partial charge is 0.348 e. The van der Waals surface area contributed by atoms with Gasteiger partial charge in [-0.2, -0.15) is 5.06 Å². The summed E-state index contributed by atoms with van der Waals surface area (Å²) in [6, 6.07) is 11.0. The summed E-state index contributed by atoms with van der Waals surface area (Å²) in [5, 5.41) is 2.21. The molecule has 0 aromatic heterocycles. The number of nitrogens with zero attached hydrogens (tertiary/aromatic N) is 1. The highest BCUT2D eigenvalue weighted by molar-refractivity contribution is 5.22. The molecule has 4 heteroatoms. The minimum absolute atomic E-state index is 0.0911. The van der Waals surface area contributed by atoms with E-state index in [4.69, 9.17) is 14.3 Å². The molecule has 3 atom stereocenters. The van der Waals surface area contributed by atoms with E-state index in [0.717, 1.165) is 38.9 Å². The number of ether oxygens (including phenoxy) is 2. The van der Waals surface area contributed by atoms with E-state index in [2.05, 4.69) is 35.4 Å². The lowest BCUT2D eigenvalue weighted by molar-refractivity contribution is -0.334. The monoisotopic (exact) mass is 315 g/mol. The molecule has 2 spiro atoms. The fraction of sp³-hybridized carbons (Fsp3) is 0.684. The standard InChI is InChI=1S/C19H25NO3/c1-3-7-15(8-4-1)17-11-16-12-18(20(17)23-16)13-21-19(22-14-18)9-5-2-6-10-19/h1,3-4,7-8,16-17H,2,5-6,9-14H2/t16-,17-/m0/s1. The third-order valence-electron chi connectivity index (χ3n) is 6.11. The molecular weight excluding hydrogens is 290 g/mol. The van der Waals surface area contributed by atoms with Crippen LogP contribution in [0.2, 0.25) is 0 Å². The third-order valence-corrected chi connectivity index (χ3v) is 6.11. The molecule has 1 unspecified atom stereocenters. The summed E-state index contributed by atoms with van der Waals surface area (Å²) >= 11 is 0. The molecule has 1 aromatic carbocycles. The van der Waals surface area contributed by atoms with Crippen LogP contribution in [0.1, 0.15) is 56.6 Å². The van der Waals surface area contributed by atoms with Crippen LogP contribution in [0.4, 0.5) is 0 Å². The Hall–Kier alpha value is -0.940. The van der Waals surface area contributed by atoms with Crippen molar-refractivity contribution in [2.24, 2.45) is 0 Å². The van der Waals surface area contributed by atoms with Crippen molar-refractivity contribution < 1.29 is 14.3 Å². The van der Waals surface area contributed by atoms with Gasteiger partial charge in [0, 0.05) is 19.3 Å². The summed E-state index contributed by atoms with van der Waals surface area (Å²) in [5.74, 6) is -0.297. The predicted octanol–water partition coefficient (Wildman–Crippen LogP) is 3.58. The van der Waals surface area contributed by atoms with Crippen LogP contribution in [0, 0.1) is 0 Å². The molecule has 0 radical (unpaired) electrons. The molecule has 3 saturated heterocycles. The Bertz CT molecular complexity index is 559. The molecule has 0 N–H and O–H groups in total. The predicted molar refractivity (Wildman–Crippen MR) is 85.6 cm³/mol. The first-order chi connectivity index (χ1) is 11.3. The second-order valence-corrected chi connectivity index (χ2v) is 7.69. The fourth-order valence-electron chi connectivity index (χ4n) is 4.88. The van der Waals surface area contributed by atoms with Gasteiger partial charge in [-0.25, -0.2) is 0 Å². The Balaban J connectivity index is 1.36. The van der Waals surface area contributed by atoms with Crippen molar-refractivity contribution in [3.8, 4) is 0 Å². The molecule has 3 heterocycles. The second-order valence-electron chi connectivity index (χ2n) is 7.69. The number of hydrogen-bond acceptors (Lipinski definition) is 4. The Morgan fingerprint density at radius 3 is 2.39 bits per heavy atom. The van der Waals surface area contributed by atoms with Gasteiger partial charge in [0.15, 0.2) is 5.79 Å². The maximum Gasteiger partial charge on any atom is 0.168 e. The maximum absolute atomic E-state index is 6.34. The zero-order chi connectivity index (χ0) is 15.3. The van der Waals surface area contributed by atoms with Gasteiger partial charge in [-0.05, 0) is 24.8 Å². The van der Waals surface area contributed by atoms with Gasteiger partial charge in [-0.1, -0.05) is 36.8 Å². The Morgan fingerprint density at radius 2 is 1.70 bits per heavy atom. The van der Waals surface area contributed by atoms with Crippen LogP contribution in [-0.2, 0) is 14.3 Å². The second kappa shape index (κ2) is 5.28. The number of hydrogen-bond donors (Lipinski definition) is 0. The summed E-state index contributed by atoms with van der Waals surface area (Å²) in [6.07, 6.45) is 8.29. The number of benzene rings is 1. The van der Waals surface area contributed by atoms with Crippen LogP contribution in [0.3, 0.4) is 0 Å². The minimum Gasteiger partial charge on any atom is -0.348 e. The van der Waals surface area contributed by atoms with E-state index in [1.54, 1.807) is 0 Å². The van der Waals surface area contributed by atoms with Crippen LogP contribution >= 0.6 is 0 Å². The highest BCUT2D eigenvalue weighted by atomic mass is 16.7. The van der Waals surface area contributed by atoms with Gasteiger partial charge in [0.2, 0.25) is 0 Å². The van der Waals surface area contributed by atoms with E-state index in [9.17, 15) is 0 Å². The average Bonchev–Trinajstić information content (AvgIpc) is 3.18. The van der Waals surface area contributed by atoms with Crippen LogP contribution in [0.5, 0.6) is 0 Å². The number of hydroxylamine groups is 2. The van der Waals surface area contributed by atoms with Crippen molar-refractivity contribution >= 4 is 0 Å². The SMILES string of the molecule is c1ccc([C@@H]2C[C@H]3CC4(COC5(CCCCC5)OC4)N2O3)cc1. The average molecular weight is 315 g/mol. The summed E-state index contributed by atoms with van der Waals surface area (Å²) in [5.41, 5.74) is 1.25. The quantitative estimate of drug-likeness (QED) is 0.792. The molecule has 1 aliphatic carbocycles. The van der Waals surface area contributed by atoms with Crippen molar-refractivity contribution in [3.63, 3.8) is 0 Å². The molecule has 1 saturated carbocycles. The first kappa shape index (κ1) is 14.4. The van der Waals surface area contributed by atoms with Crippen molar-refractivity contribution in [1.29, 1.82) is 0 Å². The Kier molecular flexibility index (Phi) is 3.31. The Morgan fingerprint density at radius 1 is 0.957 bits per heavy atom. The number of piperidine rings is 1. The summed E-state index contributed by atoms with van der Waals surface area (Å²) in [7, 11) is 0. The van der Waals surface area contributed by atoms with E-state index in [1.807, 2.05) is 0 Å². The molecule has 23 heavy (non-hydrogen) atoms. The topological polar surface area (TPSA) is 30.9 Å². The van der Waals surface area contributed by atoms with Crippen LogP contribution in [0.25, 0.3) is 0 Å². The molecule has 0 amide bonds. The molecule has 4 nitrogen and oxygen atoms in total. The fourth-order valence-corrected chi connectivity index (χ4v) is 4.88. The smallest absolute Gasteiger partial charge is 0.168 e. The van der Waals surface area contributed by atoms with E-state index in [0.29, 0.717) is 12.1 Å². The van der Waals surface area contributed by atoms with E-state index < -0.39 is 0 Å². The molecular formula is C19H25NO3. The van der Waals surface area contributed by atoms with E-state index in [-0.39, 0.29) is 11.3 Å². The summed E-state index contributed by atoms with van der Waals surface area (Å²) in [6.45, 7) is 1.49. The summed E-state index contributed by atoms with van der Waals surface area (Å²) in [4.78, 5) is 6.18. The van der Waals surface area contributed by atoms with Crippen LogP contribution in [0.15, 0.2) is 30.3 Å². The zero-order valence-electron chi connectivity index (χ0n) is 13.6. The van der Waals surface area contributed by atoms with Crippen LogP contribution < -0.4 is 0 Å². The van der Waals surface area contributed by atoms with Crippen molar-refractivity contribution in [3.05, 3.63) is 35.9 Å². The van der Waals surface area contributed by atoms with Gasteiger partial charge < -0.3 is 9.47 Å². The van der Waals surface area contributed by atoms with Gasteiger partial charge in [-0.3, -0.25) is 4.84 Å². The Labute approximate surface area is 137 Å². The lowest BCUT2D eigenvalue weighted by Gasteiger charge is -2.50. The maximum atomic E-state index is 6.34. The third kappa shape index (κ3) is 2.27. The first-order valence-electron chi connectivity index (χ1n) is 9.08. The number of fused-ring (bicyclic) bond motifs is 3. The molecule has 1 aromatic rings. The van der Waals surface area contributed by atoms with E-state index >= 15 is 0 Å². The highest BCUT2D eigenvalue weighted by Gasteiger charge is 2.59. The van der Waals surface area contributed by atoms with Gasteiger partial charge >= 0.3 is 0 Å². The lowest BCUT2D eigenvalue weighted by atomic mass is 9.83. The normalized spacial score (nSPS) is 37.5. The van der Waals surface area contributed by atoms with Gasteiger partial charge in [-0.15, -0.1) is 0 Å². The van der Waals surface area contributed by atoms with E-state index in [1.165, 1.54) is 24.8 Å². The van der Waals surface area contributed by atoms with Gasteiger partial charge in [0.25, 0.3) is 0 Å². The molecule has 124 valence electrons. The highest BCUT2D eigenvalue weighted by Crippen LogP contribution is 2.52. The van der Waals surface area contributed by atoms with Crippen molar-refractivity contribution in [2.45, 2.75) is 68.4 Å². The van der Waals surface area contributed by atoms with Gasteiger partial charge in [0.1, 0.15) is 0 Å². The van der Waals surface area contributed by atoms with Gasteiger partial charge in [0.05, 0.1) is 30.9 Å². The molecule has 4 fully saturated rings. The minimum atomic E-state index is -0.297. The first-order valence-corrected chi connectivity index (χ1v) is 9.08. The van der Waals surface area contributed by atoms with Crippen LogP contribution in [-0.4, -0.2) is 35.7 Å².